The number of likely N-dealkylation sites (tertiary alicyclic amines) is 2. The van der Waals surface area contributed by atoms with E-state index in [-0.39, 0.29) is 11.3 Å². The lowest BCUT2D eigenvalue weighted by molar-refractivity contribution is -0.139. The topological polar surface area (TPSA) is 75.9 Å². The second kappa shape index (κ2) is 10.0. The molecule has 9 heteroatoms. The molecule has 204 valence electrons. The van der Waals surface area contributed by atoms with Crippen LogP contribution in [-0.2, 0) is 17.8 Å². The number of likely N-dealkylation sites (N-methyl/N-ethyl adjacent to an activating group) is 1. The molecule has 4 aliphatic rings. The molecule has 3 fully saturated rings. The molecule has 1 atom stereocenters. The lowest BCUT2D eigenvalue weighted by Gasteiger charge is -2.61. The summed E-state index contributed by atoms with van der Waals surface area (Å²) in [6.45, 7) is 11.8. The Bertz CT molecular complexity index is 1340. The molecule has 4 aliphatic heterocycles. The molecular formula is C30H35ClN6O2. The predicted molar refractivity (Wildman–Crippen MR) is 152 cm³/mol. The van der Waals surface area contributed by atoms with Gasteiger partial charge in [-0.2, -0.15) is 5.26 Å². The van der Waals surface area contributed by atoms with Crippen molar-refractivity contribution < 1.29 is 9.53 Å². The molecule has 39 heavy (non-hydrogen) atoms. The van der Waals surface area contributed by atoms with Gasteiger partial charge in [-0.3, -0.25) is 4.79 Å². The minimum Gasteiger partial charge on any atom is -0.475 e. The Morgan fingerprint density at radius 2 is 2.05 bits per heavy atom. The van der Waals surface area contributed by atoms with Crippen molar-refractivity contribution in [2.75, 3.05) is 62.7 Å². The number of carbonyl (C=O) groups is 1. The highest BCUT2D eigenvalue weighted by Crippen LogP contribution is 2.47. The standard InChI is InChI=1S/C30H35ClN6O2/c1-4-26(38)36-16-30(17-36)18-37(19-30)28-22-10-12-35(27-20(2)7-5-9-24(27)31)14-25(22)33-29(23(28)13-32)39-15-21-8-6-11-34(21)3/h4-5,7,9,21H,1,6,8,10-12,14-19H2,2-3H3. The maximum Gasteiger partial charge on any atom is 0.245 e. The lowest BCUT2D eigenvalue weighted by atomic mass is 9.72. The van der Waals surface area contributed by atoms with Crippen LogP contribution in [0, 0.1) is 23.7 Å². The molecule has 0 bridgehead atoms. The summed E-state index contributed by atoms with van der Waals surface area (Å²) in [6.07, 6.45) is 4.40. The summed E-state index contributed by atoms with van der Waals surface area (Å²) < 4.78 is 6.34. The van der Waals surface area contributed by atoms with E-state index in [1.165, 1.54) is 6.08 Å². The van der Waals surface area contributed by atoms with Gasteiger partial charge < -0.3 is 24.3 Å². The third-order valence-corrected chi connectivity index (χ3v) is 9.21. The molecule has 0 aliphatic carbocycles. The number of rotatable bonds is 6. The maximum atomic E-state index is 12.0. The van der Waals surface area contributed by atoms with E-state index in [0.29, 0.717) is 30.6 Å². The number of amides is 1. The van der Waals surface area contributed by atoms with Crippen molar-refractivity contribution >= 4 is 28.9 Å². The molecule has 1 aromatic carbocycles. The smallest absolute Gasteiger partial charge is 0.245 e. The number of fused-ring (bicyclic) bond motifs is 1. The molecule has 1 unspecified atom stereocenters. The number of para-hydroxylation sites is 1. The zero-order valence-corrected chi connectivity index (χ0v) is 23.5. The fraction of sp³-hybridized carbons (Fsp3) is 0.500. The van der Waals surface area contributed by atoms with Crippen LogP contribution in [0.3, 0.4) is 0 Å². The molecule has 0 saturated carbocycles. The van der Waals surface area contributed by atoms with E-state index in [4.69, 9.17) is 21.3 Å². The van der Waals surface area contributed by atoms with Crippen molar-refractivity contribution in [3.63, 3.8) is 0 Å². The van der Waals surface area contributed by atoms with Crippen molar-refractivity contribution in [2.45, 2.75) is 38.8 Å². The Morgan fingerprint density at radius 3 is 2.72 bits per heavy atom. The molecule has 5 heterocycles. The summed E-state index contributed by atoms with van der Waals surface area (Å²) in [5.41, 5.74) is 5.83. The first kappa shape index (κ1) is 26.0. The van der Waals surface area contributed by atoms with Gasteiger partial charge in [0.15, 0.2) is 0 Å². The minimum atomic E-state index is -0.0133. The van der Waals surface area contributed by atoms with Crippen LogP contribution in [0.5, 0.6) is 5.88 Å². The van der Waals surface area contributed by atoms with Crippen LogP contribution < -0.4 is 14.5 Å². The van der Waals surface area contributed by atoms with Crippen LogP contribution in [0.1, 0.15) is 35.2 Å². The normalized spacial score (nSPS) is 21.7. The van der Waals surface area contributed by atoms with Crippen molar-refractivity contribution in [3.05, 3.63) is 58.3 Å². The lowest BCUT2D eigenvalue weighted by Crippen LogP contribution is -2.73. The Labute approximate surface area is 235 Å². The quantitative estimate of drug-likeness (QED) is 0.510. The zero-order chi connectivity index (χ0) is 27.3. The number of hydrogen-bond acceptors (Lipinski definition) is 7. The van der Waals surface area contributed by atoms with Gasteiger partial charge in [-0.05, 0) is 57.5 Å². The average molecular weight is 547 g/mol. The monoisotopic (exact) mass is 546 g/mol. The number of anilines is 2. The fourth-order valence-corrected chi connectivity index (χ4v) is 7.18. The maximum absolute atomic E-state index is 12.0. The highest BCUT2D eigenvalue weighted by atomic mass is 35.5. The highest BCUT2D eigenvalue weighted by molar-refractivity contribution is 6.33. The van der Waals surface area contributed by atoms with Gasteiger partial charge in [0.05, 0.1) is 28.6 Å². The SMILES string of the molecule is C=CC(=O)N1CC2(C1)CN(c1c(C#N)c(OCC3CCCN3C)nc3c1CCN(c1c(C)cccc1Cl)C3)C2. The molecule has 1 amide bonds. The van der Waals surface area contributed by atoms with E-state index < -0.39 is 0 Å². The highest BCUT2D eigenvalue weighted by Gasteiger charge is 2.54. The summed E-state index contributed by atoms with van der Waals surface area (Å²) in [7, 11) is 2.13. The fourth-order valence-electron chi connectivity index (χ4n) is 6.84. The van der Waals surface area contributed by atoms with Gasteiger partial charge in [0.1, 0.15) is 18.2 Å². The van der Waals surface area contributed by atoms with Gasteiger partial charge in [-0.15, -0.1) is 0 Å². The summed E-state index contributed by atoms with van der Waals surface area (Å²) >= 11 is 6.64. The Kier molecular flexibility index (Phi) is 6.68. The van der Waals surface area contributed by atoms with Crippen LogP contribution in [0.25, 0.3) is 0 Å². The van der Waals surface area contributed by atoms with Gasteiger partial charge in [0.25, 0.3) is 0 Å². The van der Waals surface area contributed by atoms with Gasteiger partial charge in [0, 0.05) is 49.7 Å². The van der Waals surface area contributed by atoms with Gasteiger partial charge in [-0.1, -0.05) is 30.3 Å². The molecule has 2 aromatic rings. The van der Waals surface area contributed by atoms with Gasteiger partial charge >= 0.3 is 0 Å². The molecule has 1 spiro atoms. The van der Waals surface area contributed by atoms with Gasteiger partial charge in [-0.25, -0.2) is 4.98 Å². The summed E-state index contributed by atoms with van der Waals surface area (Å²) in [4.78, 5) is 25.8. The predicted octanol–water partition coefficient (Wildman–Crippen LogP) is 3.79. The summed E-state index contributed by atoms with van der Waals surface area (Å²) in [6, 6.07) is 8.78. The third kappa shape index (κ3) is 4.52. The first-order valence-corrected chi connectivity index (χ1v) is 14.2. The second-order valence-electron chi connectivity index (χ2n) is 11.6. The Hall–Kier alpha value is -3.28. The number of benzene rings is 1. The van der Waals surface area contributed by atoms with E-state index in [1.807, 2.05) is 17.0 Å². The van der Waals surface area contributed by atoms with E-state index in [9.17, 15) is 10.1 Å². The second-order valence-corrected chi connectivity index (χ2v) is 12.0. The average Bonchev–Trinajstić information content (AvgIpc) is 3.29. The van der Waals surface area contributed by atoms with E-state index in [0.717, 1.165) is 91.7 Å². The first-order chi connectivity index (χ1) is 18.8. The minimum absolute atomic E-state index is 0.0133. The van der Waals surface area contributed by atoms with Gasteiger partial charge in [0.2, 0.25) is 11.8 Å². The molecule has 0 N–H and O–H groups in total. The zero-order valence-electron chi connectivity index (χ0n) is 22.7. The number of aromatic nitrogens is 1. The number of hydrogen-bond donors (Lipinski definition) is 0. The number of nitriles is 1. The van der Waals surface area contributed by atoms with Crippen molar-refractivity contribution in [1.29, 1.82) is 5.26 Å². The Morgan fingerprint density at radius 1 is 1.26 bits per heavy atom. The molecule has 0 radical (unpaired) electrons. The number of pyridine rings is 1. The number of carbonyl (C=O) groups excluding carboxylic acids is 1. The molecule has 8 nitrogen and oxygen atoms in total. The van der Waals surface area contributed by atoms with E-state index in [1.54, 1.807) is 0 Å². The number of halogens is 1. The number of ether oxygens (including phenoxy) is 1. The molecule has 1 aromatic heterocycles. The summed E-state index contributed by atoms with van der Waals surface area (Å²) in [5.74, 6) is 0.419. The van der Waals surface area contributed by atoms with Crippen molar-refractivity contribution in [3.8, 4) is 11.9 Å². The number of aryl methyl sites for hydroxylation is 1. The number of nitrogens with zero attached hydrogens (tertiary/aromatic N) is 6. The van der Waals surface area contributed by atoms with E-state index >= 15 is 0 Å². The molecule has 6 rings (SSSR count). The van der Waals surface area contributed by atoms with Crippen LogP contribution in [0.15, 0.2) is 30.9 Å². The van der Waals surface area contributed by atoms with Crippen LogP contribution in [0.2, 0.25) is 5.02 Å². The van der Waals surface area contributed by atoms with Crippen molar-refractivity contribution in [1.82, 2.24) is 14.8 Å². The molecule has 3 saturated heterocycles. The van der Waals surface area contributed by atoms with Crippen LogP contribution in [0.4, 0.5) is 11.4 Å². The van der Waals surface area contributed by atoms with Crippen LogP contribution in [-0.4, -0.2) is 79.7 Å². The van der Waals surface area contributed by atoms with E-state index in [2.05, 4.69) is 47.4 Å². The van der Waals surface area contributed by atoms with Crippen LogP contribution >= 0.6 is 11.6 Å². The largest absolute Gasteiger partial charge is 0.475 e. The van der Waals surface area contributed by atoms with Crippen molar-refractivity contribution in [2.24, 2.45) is 5.41 Å². The first-order valence-electron chi connectivity index (χ1n) is 13.8. The summed E-state index contributed by atoms with van der Waals surface area (Å²) in [5, 5.41) is 11.1. The molecular weight excluding hydrogens is 512 g/mol. The Balaban J connectivity index is 1.32. The third-order valence-electron chi connectivity index (χ3n) is 8.90.